The van der Waals surface area contributed by atoms with E-state index in [9.17, 15) is 0 Å². The monoisotopic (exact) mass is 769 g/mol. The standard InChI is InChI=1S/C57H39NS/c1-2-11-37(12-3-1)38-27-31-44(32-28-38)58-54-19-8-6-15-49(54)53-36-43(30-34-55(53)58)42-26-25-41-29-33-45(47-13-4-5-14-48(47)52(41)35-42)39-21-23-40(24-22-39)46-17-10-18-51-50-16-7-9-20-56(50)59-57(46)51/h1-28,30-32,34-36,45H,29,33H2. The summed E-state index contributed by atoms with van der Waals surface area (Å²) in [6.45, 7) is 0. The Morgan fingerprint density at radius 3 is 1.93 bits per heavy atom. The summed E-state index contributed by atoms with van der Waals surface area (Å²) < 4.78 is 5.12. The van der Waals surface area contributed by atoms with Crippen molar-refractivity contribution in [2.75, 3.05) is 0 Å². The number of hydrogen-bond acceptors (Lipinski definition) is 1. The van der Waals surface area contributed by atoms with Crippen LogP contribution in [0.4, 0.5) is 0 Å². The van der Waals surface area contributed by atoms with Gasteiger partial charge in [0, 0.05) is 42.6 Å². The normalized spacial score (nSPS) is 13.8. The van der Waals surface area contributed by atoms with Crippen LogP contribution in [0.3, 0.4) is 0 Å². The molecule has 0 amide bonds. The van der Waals surface area contributed by atoms with Crippen LogP contribution in [0, 0.1) is 0 Å². The molecular weight excluding hydrogens is 731 g/mol. The fourth-order valence-electron chi connectivity index (χ4n) is 9.81. The highest BCUT2D eigenvalue weighted by atomic mass is 32.1. The molecule has 278 valence electrons. The highest BCUT2D eigenvalue weighted by Crippen LogP contribution is 2.45. The summed E-state index contributed by atoms with van der Waals surface area (Å²) >= 11 is 1.90. The van der Waals surface area contributed by atoms with E-state index in [4.69, 9.17) is 0 Å². The molecule has 11 aromatic rings. The highest BCUT2D eigenvalue weighted by molar-refractivity contribution is 7.26. The molecule has 1 nitrogen and oxygen atoms in total. The minimum absolute atomic E-state index is 0.320. The number of aromatic nitrogens is 1. The van der Waals surface area contributed by atoms with Crippen LogP contribution >= 0.6 is 11.3 Å². The van der Waals surface area contributed by atoms with Crippen molar-refractivity contribution in [1.82, 2.24) is 4.57 Å². The summed E-state index contributed by atoms with van der Waals surface area (Å²) in [5.74, 6) is 0.320. The molecule has 2 heterocycles. The van der Waals surface area contributed by atoms with Gasteiger partial charge in [0.1, 0.15) is 0 Å². The SMILES string of the molecule is c1ccc(-c2ccc(-n3c4ccccc4c4cc(-c5ccc6c(c5)-c5ccccc5C(c5ccc(-c7cccc8c7sc7ccccc78)cc5)CC6)ccc43)cc2)cc1. The first kappa shape index (κ1) is 34.1. The lowest BCUT2D eigenvalue weighted by molar-refractivity contribution is 0.726. The van der Waals surface area contributed by atoms with Crippen molar-refractivity contribution < 1.29 is 0 Å². The van der Waals surface area contributed by atoms with Crippen LogP contribution in [0.15, 0.2) is 206 Å². The van der Waals surface area contributed by atoms with Crippen LogP contribution in [0.25, 0.3) is 92.2 Å². The highest BCUT2D eigenvalue weighted by Gasteiger charge is 2.24. The van der Waals surface area contributed by atoms with Gasteiger partial charge in [-0.3, -0.25) is 0 Å². The molecule has 0 aliphatic heterocycles. The van der Waals surface area contributed by atoms with E-state index in [0.29, 0.717) is 5.92 Å². The number of benzene rings is 9. The van der Waals surface area contributed by atoms with E-state index in [1.165, 1.54) is 109 Å². The van der Waals surface area contributed by atoms with Gasteiger partial charge in [-0.15, -0.1) is 11.3 Å². The Bertz CT molecular complexity index is 3370. The molecule has 2 heteroatoms. The number of para-hydroxylation sites is 1. The van der Waals surface area contributed by atoms with Crippen LogP contribution in [0.1, 0.15) is 29.0 Å². The van der Waals surface area contributed by atoms with Crippen LogP contribution < -0.4 is 0 Å². The van der Waals surface area contributed by atoms with Gasteiger partial charge in [0.05, 0.1) is 11.0 Å². The average molecular weight is 770 g/mol. The lowest BCUT2D eigenvalue weighted by Gasteiger charge is -2.19. The zero-order chi connectivity index (χ0) is 38.9. The molecule has 1 atom stereocenters. The second-order valence-electron chi connectivity index (χ2n) is 16.0. The van der Waals surface area contributed by atoms with E-state index in [-0.39, 0.29) is 0 Å². The third-order valence-electron chi connectivity index (χ3n) is 12.7. The summed E-state index contributed by atoms with van der Waals surface area (Å²) in [7, 11) is 0. The summed E-state index contributed by atoms with van der Waals surface area (Å²) in [6.07, 6.45) is 2.11. The zero-order valence-corrected chi connectivity index (χ0v) is 33.3. The van der Waals surface area contributed by atoms with E-state index in [0.717, 1.165) is 12.8 Å². The van der Waals surface area contributed by atoms with Gasteiger partial charge in [-0.2, -0.15) is 0 Å². The Balaban J connectivity index is 0.897. The molecule has 1 aliphatic carbocycles. The predicted molar refractivity (Wildman–Crippen MR) is 252 cm³/mol. The van der Waals surface area contributed by atoms with E-state index >= 15 is 0 Å². The van der Waals surface area contributed by atoms with Gasteiger partial charge in [0.2, 0.25) is 0 Å². The summed E-state index contributed by atoms with van der Waals surface area (Å²) in [5.41, 5.74) is 18.1. The van der Waals surface area contributed by atoms with Crippen LogP contribution in [-0.4, -0.2) is 4.57 Å². The Labute approximate surface area is 348 Å². The van der Waals surface area contributed by atoms with E-state index in [1.807, 2.05) is 11.3 Å². The molecular formula is C57H39NS. The smallest absolute Gasteiger partial charge is 0.0541 e. The van der Waals surface area contributed by atoms with Crippen molar-refractivity contribution in [2.45, 2.75) is 18.8 Å². The van der Waals surface area contributed by atoms with Gasteiger partial charge < -0.3 is 4.57 Å². The van der Waals surface area contributed by atoms with Crippen LogP contribution in [-0.2, 0) is 6.42 Å². The second-order valence-corrected chi connectivity index (χ2v) is 17.0. The Kier molecular flexibility index (Phi) is 7.99. The zero-order valence-electron chi connectivity index (χ0n) is 32.5. The molecule has 0 saturated carbocycles. The third kappa shape index (κ3) is 5.67. The lowest BCUT2D eigenvalue weighted by atomic mass is 9.85. The molecule has 1 unspecified atom stereocenters. The molecule has 0 spiro atoms. The number of thiophene rings is 1. The molecule has 59 heavy (non-hydrogen) atoms. The molecule has 0 fully saturated rings. The fraction of sp³-hybridized carbons (Fsp3) is 0.0526. The van der Waals surface area contributed by atoms with Crippen molar-refractivity contribution in [3.8, 4) is 50.2 Å². The van der Waals surface area contributed by atoms with Gasteiger partial charge in [0.25, 0.3) is 0 Å². The van der Waals surface area contributed by atoms with Gasteiger partial charge in [0.15, 0.2) is 0 Å². The number of nitrogens with zero attached hydrogens (tertiary/aromatic N) is 1. The molecule has 0 saturated heterocycles. The van der Waals surface area contributed by atoms with Crippen molar-refractivity contribution in [3.63, 3.8) is 0 Å². The third-order valence-corrected chi connectivity index (χ3v) is 13.9. The van der Waals surface area contributed by atoms with Crippen LogP contribution in [0.2, 0.25) is 0 Å². The van der Waals surface area contributed by atoms with Gasteiger partial charge in [-0.1, -0.05) is 164 Å². The topological polar surface area (TPSA) is 4.93 Å². The average Bonchev–Trinajstić information content (AvgIpc) is 3.80. The molecule has 1 aliphatic rings. The molecule has 2 aromatic heterocycles. The van der Waals surface area contributed by atoms with Gasteiger partial charge in [-0.05, 0) is 117 Å². The van der Waals surface area contributed by atoms with Crippen molar-refractivity contribution >= 4 is 53.3 Å². The maximum absolute atomic E-state index is 2.45. The minimum Gasteiger partial charge on any atom is -0.309 e. The largest absolute Gasteiger partial charge is 0.309 e. The fourth-order valence-corrected chi connectivity index (χ4v) is 11.0. The van der Waals surface area contributed by atoms with E-state index in [1.54, 1.807) is 0 Å². The van der Waals surface area contributed by atoms with Gasteiger partial charge in [-0.25, -0.2) is 0 Å². The number of fused-ring (bicyclic) bond motifs is 9. The van der Waals surface area contributed by atoms with Crippen molar-refractivity contribution in [3.05, 3.63) is 223 Å². The maximum Gasteiger partial charge on any atom is 0.0541 e. The number of hydrogen-bond donors (Lipinski definition) is 0. The molecule has 0 radical (unpaired) electrons. The van der Waals surface area contributed by atoms with Crippen LogP contribution in [0.5, 0.6) is 0 Å². The van der Waals surface area contributed by atoms with E-state index < -0.39 is 0 Å². The Morgan fingerprint density at radius 2 is 1.05 bits per heavy atom. The van der Waals surface area contributed by atoms with Crippen molar-refractivity contribution in [2.24, 2.45) is 0 Å². The Morgan fingerprint density at radius 1 is 0.407 bits per heavy atom. The summed E-state index contributed by atoms with van der Waals surface area (Å²) in [6, 6.07) is 76.7. The number of rotatable bonds is 5. The minimum atomic E-state index is 0.320. The first-order chi connectivity index (χ1) is 29.2. The molecule has 12 rings (SSSR count). The van der Waals surface area contributed by atoms with Gasteiger partial charge >= 0.3 is 0 Å². The molecule has 0 bridgehead atoms. The quantitative estimate of drug-likeness (QED) is 0.164. The number of aryl methyl sites for hydroxylation is 1. The second kappa shape index (κ2) is 13.8. The molecule has 0 N–H and O–H groups in total. The summed E-state index contributed by atoms with van der Waals surface area (Å²) in [4.78, 5) is 0. The molecule has 9 aromatic carbocycles. The predicted octanol–water partition coefficient (Wildman–Crippen LogP) is 15.9. The van der Waals surface area contributed by atoms with Crippen molar-refractivity contribution in [1.29, 1.82) is 0 Å². The first-order valence-corrected chi connectivity index (χ1v) is 21.5. The maximum atomic E-state index is 2.45. The first-order valence-electron chi connectivity index (χ1n) is 20.7. The Hall–Kier alpha value is -7.00. The summed E-state index contributed by atoms with van der Waals surface area (Å²) in [5, 5.41) is 5.23. The van der Waals surface area contributed by atoms with E-state index in [2.05, 4.69) is 211 Å². The lowest BCUT2D eigenvalue weighted by Crippen LogP contribution is -2.02.